The molecule has 0 amide bonds. The molecule has 0 aromatic carbocycles. The third-order valence-electron chi connectivity index (χ3n) is 4.95. The Bertz CT molecular complexity index is 289. The van der Waals surface area contributed by atoms with E-state index in [1.165, 1.54) is 12.8 Å². The van der Waals surface area contributed by atoms with Crippen molar-refractivity contribution in [3.8, 4) is 11.8 Å². The van der Waals surface area contributed by atoms with Crippen LogP contribution in [0.4, 0.5) is 0 Å². The van der Waals surface area contributed by atoms with Crippen LogP contribution in [0.5, 0.6) is 0 Å². The third-order valence-corrected chi connectivity index (χ3v) is 4.95. The number of hydrogen-bond acceptors (Lipinski definition) is 1. The molecule has 0 saturated heterocycles. The van der Waals surface area contributed by atoms with Gasteiger partial charge in [-0.15, -0.1) is 11.8 Å². The standard InChI is InChI=1S/C16H29N/c1-7-9-10-11-13(17-12-8-2)14-15(3,4)16(14,5)6/h13-14,17H,8,10-12H2,1-6H3. The van der Waals surface area contributed by atoms with Crippen LogP contribution in [0.1, 0.15) is 60.8 Å². The Hall–Kier alpha value is -0.480. The van der Waals surface area contributed by atoms with E-state index in [-0.39, 0.29) is 0 Å². The molecular formula is C16H29N. The summed E-state index contributed by atoms with van der Waals surface area (Å²) in [6.45, 7) is 14.9. The first-order chi connectivity index (χ1) is 7.89. The summed E-state index contributed by atoms with van der Waals surface area (Å²) in [6.07, 6.45) is 3.43. The molecule has 0 aliphatic heterocycles. The van der Waals surface area contributed by atoms with Crippen molar-refractivity contribution < 1.29 is 0 Å². The second-order valence-corrected chi connectivity index (χ2v) is 6.45. The third kappa shape index (κ3) is 2.86. The minimum atomic E-state index is 0.470. The Labute approximate surface area is 108 Å². The average molecular weight is 235 g/mol. The zero-order chi connectivity index (χ0) is 13.1. The van der Waals surface area contributed by atoms with E-state index in [9.17, 15) is 0 Å². The molecule has 1 heteroatoms. The molecule has 0 spiro atoms. The predicted octanol–water partition coefficient (Wildman–Crippen LogP) is 3.84. The van der Waals surface area contributed by atoms with Crippen LogP contribution in [-0.2, 0) is 0 Å². The molecule has 0 radical (unpaired) electrons. The highest BCUT2D eigenvalue weighted by Crippen LogP contribution is 2.70. The summed E-state index contributed by atoms with van der Waals surface area (Å²) in [5, 5.41) is 3.73. The maximum atomic E-state index is 3.73. The first-order valence-corrected chi connectivity index (χ1v) is 7.02. The second kappa shape index (κ2) is 5.44. The number of hydrogen-bond donors (Lipinski definition) is 1. The van der Waals surface area contributed by atoms with Crippen LogP contribution in [0.3, 0.4) is 0 Å². The zero-order valence-corrected chi connectivity index (χ0v) is 12.5. The van der Waals surface area contributed by atoms with Gasteiger partial charge in [-0.1, -0.05) is 34.6 Å². The van der Waals surface area contributed by atoms with Gasteiger partial charge >= 0.3 is 0 Å². The predicted molar refractivity (Wildman–Crippen MR) is 75.8 cm³/mol. The van der Waals surface area contributed by atoms with Crippen molar-refractivity contribution in [1.82, 2.24) is 5.32 Å². The van der Waals surface area contributed by atoms with Gasteiger partial charge in [0.2, 0.25) is 0 Å². The van der Waals surface area contributed by atoms with Gasteiger partial charge in [0, 0.05) is 12.5 Å². The van der Waals surface area contributed by atoms with Crippen molar-refractivity contribution >= 4 is 0 Å². The topological polar surface area (TPSA) is 12.0 Å². The van der Waals surface area contributed by atoms with Gasteiger partial charge in [-0.05, 0) is 43.1 Å². The Morgan fingerprint density at radius 1 is 1.18 bits per heavy atom. The lowest BCUT2D eigenvalue weighted by atomic mass is 9.99. The molecule has 1 aliphatic carbocycles. The largest absolute Gasteiger partial charge is 0.314 e. The lowest BCUT2D eigenvalue weighted by Crippen LogP contribution is -2.33. The normalized spacial score (nSPS) is 22.7. The Kier molecular flexibility index (Phi) is 4.67. The van der Waals surface area contributed by atoms with Crippen LogP contribution in [-0.4, -0.2) is 12.6 Å². The van der Waals surface area contributed by atoms with Gasteiger partial charge in [0.1, 0.15) is 0 Å². The Balaban J connectivity index is 2.60. The summed E-state index contributed by atoms with van der Waals surface area (Å²) in [5.74, 6) is 7.00. The second-order valence-electron chi connectivity index (χ2n) is 6.45. The van der Waals surface area contributed by atoms with Crippen LogP contribution in [0.15, 0.2) is 0 Å². The summed E-state index contributed by atoms with van der Waals surface area (Å²) in [7, 11) is 0. The molecule has 1 rings (SSSR count). The summed E-state index contributed by atoms with van der Waals surface area (Å²) in [6, 6.07) is 0.640. The van der Waals surface area contributed by atoms with Gasteiger partial charge in [0.05, 0.1) is 0 Å². The lowest BCUT2D eigenvalue weighted by molar-refractivity contribution is 0.381. The van der Waals surface area contributed by atoms with Gasteiger partial charge < -0.3 is 5.32 Å². The SMILES string of the molecule is CC#CCCC(NCCC)C1C(C)(C)C1(C)C. The van der Waals surface area contributed by atoms with Crippen molar-refractivity contribution in [2.75, 3.05) is 6.54 Å². The molecule has 1 nitrogen and oxygen atoms in total. The molecule has 0 heterocycles. The highest BCUT2D eigenvalue weighted by atomic mass is 15.0. The van der Waals surface area contributed by atoms with E-state index in [0.29, 0.717) is 16.9 Å². The van der Waals surface area contributed by atoms with Crippen LogP contribution < -0.4 is 5.32 Å². The Morgan fingerprint density at radius 2 is 1.76 bits per heavy atom. The van der Waals surface area contributed by atoms with E-state index in [2.05, 4.69) is 51.8 Å². The van der Waals surface area contributed by atoms with Gasteiger partial charge in [-0.3, -0.25) is 0 Å². The first-order valence-electron chi connectivity index (χ1n) is 7.02. The average Bonchev–Trinajstić information content (AvgIpc) is 2.64. The highest BCUT2D eigenvalue weighted by Gasteiger charge is 2.66. The van der Waals surface area contributed by atoms with Crippen LogP contribution in [0.2, 0.25) is 0 Å². The maximum absolute atomic E-state index is 3.73. The quantitative estimate of drug-likeness (QED) is 0.690. The van der Waals surface area contributed by atoms with Crippen molar-refractivity contribution in [3.63, 3.8) is 0 Å². The fourth-order valence-electron chi connectivity index (χ4n) is 3.32. The van der Waals surface area contributed by atoms with Crippen molar-refractivity contribution in [3.05, 3.63) is 0 Å². The molecule has 1 atom stereocenters. The van der Waals surface area contributed by atoms with Gasteiger partial charge in [-0.25, -0.2) is 0 Å². The number of rotatable bonds is 6. The molecule has 1 saturated carbocycles. The molecule has 1 fully saturated rings. The summed E-state index contributed by atoms with van der Waals surface area (Å²) in [4.78, 5) is 0. The van der Waals surface area contributed by atoms with E-state index in [1.54, 1.807) is 0 Å². The van der Waals surface area contributed by atoms with Crippen molar-refractivity contribution in [2.45, 2.75) is 66.8 Å². The van der Waals surface area contributed by atoms with E-state index < -0.39 is 0 Å². The summed E-state index contributed by atoms with van der Waals surface area (Å²) in [5.41, 5.74) is 0.941. The molecule has 17 heavy (non-hydrogen) atoms. The molecule has 0 aromatic rings. The zero-order valence-electron chi connectivity index (χ0n) is 12.5. The summed E-state index contributed by atoms with van der Waals surface area (Å²) < 4.78 is 0. The molecule has 1 N–H and O–H groups in total. The molecule has 0 bridgehead atoms. The van der Waals surface area contributed by atoms with Crippen molar-refractivity contribution in [2.24, 2.45) is 16.7 Å². The van der Waals surface area contributed by atoms with E-state index >= 15 is 0 Å². The monoisotopic (exact) mass is 235 g/mol. The molecular weight excluding hydrogens is 206 g/mol. The Morgan fingerprint density at radius 3 is 2.18 bits per heavy atom. The summed E-state index contributed by atoms with van der Waals surface area (Å²) >= 11 is 0. The molecule has 1 unspecified atom stereocenters. The smallest absolute Gasteiger partial charge is 0.0115 e. The van der Waals surface area contributed by atoms with E-state index in [1.807, 2.05) is 6.92 Å². The fourth-order valence-corrected chi connectivity index (χ4v) is 3.32. The van der Waals surface area contributed by atoms with Crippen LogP contribution in [0.25, 0.3) is 0 Å². The lowest BCUT2D eigenvalue weighted by Gasteiger charge is -2.20. The van der Waals surface area contributed by atoms with Gasteiger partial charge in [0.25, 0.3) is 0 Å². The minimum absolute atomic E-state index is 0.470. The molecule has 0 aromatic heterocycles. The van der Waals surface area contributed by atoms with Gasteiger partial charge in [0.15, 0.2) is 0 Å². The molecule has 1 aliphatic rings. The molecule has 98 valence electrons. The fraction of sp³-hybridized carbons (Fsp3) is 0.875. The van der Waals surface area contributed by atoms with Gasteiger partial charge in [-0.2, -0.15) is 0 Å². The van der Waals surface area contributed by atoms with E-state index in [4.69, 9.17) is 0 Å². The minimum Gasteiger partial charge on any atom is -0.314 e. The highest BCUT2D eigenvalue weighted by molar-refractivity contribution is 5.16. The van der Waals surface area contributed by atoms with Crippen LogP contribution >= 0.6 is 0 Å². The van der Waals surface area contributed by atoms with E-state index in [0.717, 1.165) is 18.9 Å². The first kappa shape index (κ1) is 14.6. The van der Waals surface area contributed by atoms with Crippen LogP contribution in [0, 0.1) is 28.6 Å². The maximum Gasteiger partial charge on any atom is 0.0115 e. The van der Waals surface area contributed by atoms with Crippen molar-refractivity contribution in [1.29, 1.82) is 0 Å². The number of nitrogens with one attached hydrogen (secondary N) is 1.